The molecule has 5 heteroatoms. The highest BCUT2D eigenvalue weighted by atomic mass is 16.5. The van der Waals surface area contributed by atoms with Crippen LogP contribution in [-0.2, 0) is 16.0 Å². The van der Waals surface area contributed by atoms with Gasteiger partial charge < -0.3 is 14.6 Å². The lowest BCUT2D eigenvalue weighted by Gasteiger charge is -2.62. The van der Waals surface area contributed by atoms with Gasteiger partial charge in [-0.3, -0.25) is 4.68 Å². The molecule has 4 aliphatic carbocycles. The SMILES string of the molecule is C#Cc1cnn(C[C@@](C)(OC)[C@H]2CC[C@H]3[C@@H]4CC[C@@H]5C[C@@](O)(COC)CC[C@]5(C)[C@H]4CC[C@@]32C)c1. The molecule has 0 saturated heterocycles. The molecule has 5 rings (SSSR count). The van der Waals surface area contributed by atoms with Crippen LogP contribution in [0.3, 0.4) is 0 Å². The normalized spacial score (nSPS) is 44.5. The fourth-order valence-electron chi connectivity index (χ4n) is 9.89. The predicted molar refractivity (Wildman–Crippen MR) is 138 cm³/mol. The minimum atomic E-state index is -0.626. The second-order valence-electron chi connectivity index (χ2n) is 13.3. The molecule has 0 radical (unpaired) electrons. The summed E-state index contributed by atoms with van der Waals surface area (Å²) in [5, 5.41) is 15.7. The molecule has 1 aromatic rings. The van der Waals surface area contributed by atoms with Crippen LogP contribution in [0.15, 0.2) is 12.4 Å². The van der Waals surface area contributed by atoms with Crippen LogP contribution in [0.4, 0.5) is 0 Å². The summed E-state index contributed by atoms with van der Waals surface area (Å²) in [5.41, 5.74) is 0.585. The van der Waals surface area contributed by atoms with Crippen LogP contribution in [0.25, 0.3) is 0 Å². The van der Waals surface area contributed by atoms with Gasteiger partial charge in [-0.25, -0.2) is 0 Å². The molecule has 1 aromatic heterocycles. The third-order valence-corrected chi connectivity index (χ3v) is 11.7. The van der Waals surface area contributed by atoms with Gasteiger partial charge in [-0.05, 0) is 105 Å². The number of fused-ring (bicyclic) bond motifs is 5. The van der Waals surface area contributed by atoms with Crippen LogP contribution in [0.5, 0.6) is 0 Å². The Labute approximate surface area is 212 Å². The average Bonchev–Trinajstić information content (AvgIpc) is 3.43. The van der Waals surface area contributed by atoms with Gasteiger partial charge in [-0.2, -0.15) is 5.10 Å². The summed E-state index contributed by atoms with van der Waals surface area (Å²) in [6.45, 7) is 8.65. The molecule has 4 aliphatic rings. The van der Waals surface area contributed by atoms with Gasteiger partial charge in [-0.15, -0.1) is 6.42 Å². The number of aliphatic hydroxyl groups is 1. The number of nitrogens with zero attached hydrogens (tertiary/aromatic N) is 2. The van der Waals surface area contributed by atoms with E-state index >= 15 is 0 Å². The Balaban J connectivity index is 1.36. The van der Waals surface area contributed by atoms with Crippen molar-refractivity contribution in [3.05, 3.63) is 18.0 Å². The molecule has 0 amide bonds. The molecular weight excluding hydrogens is 436 g/mol. The minimum Gasteiger partial charge on any atom is -0.387 e. The molecule has 9 atom stereocenters. The van der Waals surface area contributed by atoms with Crippen molar-refractivity contribution in [1.82, 2.24) is 9.78 Å². The highest BCUT2D eigenvalue weighted by Gasteiger charge is 2.63. The van der Waals surface area contributed by atoms with E-state index in [1.165, 1.54) is 38.5 Å². The third-order valence-electron chi connectivity index (χ3n) is 11.7. The van der Waals surface area contributed by atoms with Crippen LogP contribution in [-0.4, -0.2) is 46.9 Å². The highest BCUT2D eigenvalue weighted by Crippen LogP contribution is 2.69. The standard InChI is InChI=1S/C30H46N2O3/c1-7-21-17-31-32(18-21)19-29(4,35-6)26-11-10-24-23-9-8-22-16-30(33,20-34-5)15-14-27(22,2)25(23)12-13-28(24,26)3/h1,17-18,22-26,33H,8-16,19-20H2,2-6H3/t22-,23+,24+,25+,26+,27+,28+,29-,30-/m1/s1. The highest BCUT2D eigenvalue weighted by molar-refractivity contribution is 5.26. The number of methoxy groups -OCH3 is 2. The monoisotopic (exact) mass is 482 g/mol. The van der Waals surface area contributed by atoms with Gasteiger partial charge in [0.1, 0.15) is 0 Å². The Kier molecular flexibility index (Phi) is 6.43. The van der Waals surface area contributed by atoms with Crippen molar-refractivity contribution in [2.75, 3.05) is 20.8 Å². The summed E-state index contributed by atoms with van der Waals surface area (Å²) < 4.78 is 13.7. The lowest BCUT2D eigenvalue weighted by Crippen LogP contribution is -2.58. The largest absolute Gasteiger partial charge is 0.387 e. The third kappa shape index (κ3) is 3.99. The predicted octanol–water partition coefficient (Wildman–Crippen LogP) is 5.31. The van der Waals surface area contributed by atoms with Crippen LogP contribution in [0.1, 0.15) is 84.1 Å². The number of ether oxygens (including phenoxy) is 2. The van der Waals surface area contributed by atoms with Gasteiger partial charge in [0.25, 0.3) is 0 Å². The van der Waals surface area contributed by atoms with Crippen molar-refractivity contribution >= 4 is 0 Å². The molecule has 4 saturated carbocycles. The molecule has 0 unspecified atom stereocenters. The van der Waals surface area contributed by atoms with Crippen molar-refractivity contribution in [3.63, 3.8) is 0 Å². The number of rotatable bonds is 6. The van der Waals surface area contributed by atoms with Crippen LogP contribution < -0.4 is 0 Å². The topological polar surface area (TPSA) is 56.5 Å². The van der Waals surface area contributed by atoms with Crippen LogP contribution in [0, 0.1) is 52.8 Å². The van der Waals surface area contributed by atoms with Crippen LogP contribution in [0.2, 0.25) is 0 Å². The van der Waals surface area contributed by atoms with E-state index in [0.29, 0.717) is 29.3 Å². The molecule has 0 bridgehead atoms. The van der Waals surface area contributed by atoms with Gasteiger partial charge in [0.05, 0.1) is 36.1 Å². The van der Waals surface area contributed by atoms with Crippen LogP contribution >= 0.6 is 0 Å². The molecule has 1 N–H and O–H groups in total. The van der Waals surface area contributed by atoms with E-state index in [1.54, 1.807) is 13.3 Å². The number of hydrogen-bond acceptors (Lipinski definition) is 4. The van der Waals surface area contributed by atoms with Gasteiger partial charge in [0.15, 0.2) is 0 Å². The van der Waals surface area contributed by atoms with E-state index in [4.69, 9.17) is 15.9 Å². The summed E-state index contributed by atoms with van der Waals surface area (Å²) in [6.07, 6.45) is 20.0. The minimum absolute atomic E-state index is 0.267. The molecule has 194 valence electrons. The summed E-state index contributed by atoms with van der Waals surface area (Å²) in [5.74, 6) is 6.16. The molecule has 1 heterocycles. The van der Waals surface area contributed by atoms with Crippen molar-refractivity contribution < 1.29 is 14.6 Å². The van der Waals surface area contributed by atoms with Crippen molar-refractivity contribution in [1.29, 1.82) is 0 Å². The average molecular weight is 483 g/mol. The molecule has 5 nitrogen and oxygen atoms in total. The quantitative estimate of drug-likeness (QED) is 0.559. The fourth-order valence-corrected chi connectivity index (χ4v) is 9.89. The Morgan fingerprint density at radius 1 is 1.11 bits per heavy atom. The maximum atomic E-state index is 11.1. The number of terminal acetylenes is 1. The zero-order chi connectivity index (χ0) is 25.1. The summed E-state index contributed by atoms with van der Waals surface area (Å²) in [7, 11) is 3.60. The first-order chi connectivity index (χ1) is 16.6. The summed E-state index contributed by atoms with van der Waals surface area (Å²) >= 11 is 0. The summed E-state index contributed by atoms with van der Waals surface area (Å²) in [6, 6.07) is 0. The summed E-state index contributed by atoms with van der Waals surface area (Å²) in [4.78, 5) is 0. The van der Waals surface area contributed by atoms with E-state index in [-0.39, 0.29) is 5.60 Å². The lowest BCUT2D eigenvalue weighted by atomic mass is 9.43. The first kappa shape index (κ1) is 25.3. The van der Waals surface area contributed by atoms with Crippen molar-refractivity contribution in [3.8, 4) is 12.3 Å². The zero-order valence-corrected chi connectivity index (χ0v) is 22.6. The van der Waals surface area contributed by atoms with E-state index in [9.17, 15) is 5.11 Å². The molecule has 4 fully saturated rings. The maximum Gasteiger partial charge on any atom is 0.0883 e. The molecule has 35 heavy (non-hydrogen) atoms. The van der Waals surface area contributed by atoms with E-state index in [0.717, 1.165) is 49.1 Å². The van der Waals surface area contributed by atoms with Crippen molar-refractivity contribution in [2.24, 2.45) is 40.4 Å². The molecule has 0 spiro atoms. The zero-order valence-electron chi connectivity index (χ0n) is 22.6. The number of aromatic nitrogens is 2. The van der Waals surface area contributed by atoms with Gasteiger partial charge >= 0.3 is 0 Å². The van der Waals surface area contributed by atoms with Gasteiger partial charge in [0, 0.05) is 20.4 Å². The molecule has 0 aliphatic heterocycles. The first-order valence-electron chi connectivity index (χ1n) is 13.9. The molecular formula is C30H46N2O3. The lowest BCUT2D eigenvalue weighted by molar-refractivity contribution is -0.173. The van der Waals surface area contributed by atoms with Crippen molar-refractivity contribution in [2.45, 2.75) is 96.3 Å². The first-order valence-corrected chi connectivity index (χ1v) is 13.9. The Morgan fingerprint density at radius 3 is 2.57 bits per heavy atom. The second-order valence-corrected chi connectivity index (χ2v) is 13.3. The van der Waals surface area contributed by atoms with Gasteiger partial charge in [-0.1, -0.05) is 19.8 Å². The van der Waals surface area contributed by atoms with E-state index < -0.39 is 5.60 Å². The number of hydrogen-bond donors (Lipinski definition) is 1. The molecule has 0 aromatic carbocycles. The second kappa shape index (κ2) is 8.89. The Hall–Kier alpha value is -1.35. The van der Waals surface area contributed by atoms with E-state index in [1.807, 2.05) is 18.0 Å². The van der Waals surface area contributed by atoms with E-state index in [2.05, 4.69) is 31.8 Å². The Bertz CT molecular complexity index is 969. The smallest absolute Gasteiger partial charge is 0.0883 e. The maximum absolute atomic E-state index is 11.1. The fraction of sp³-hybridized carbons (Fsp3) is 0.833. The van der Waals surface area contributed by atoms with Gasteiger partial charge in [0.2, 0.25) is 0 Å². The Morgan fingerprint density at radius 2 is 1.89 bits per heavy atom.